The quantitative estimate of drug-likeness (QED) is 0.149. The van der Waals surface area contributed by atoms with Gasteiger partial charge in [-0.3, -0.25) is 9.47 Å². The summed E-state index contributed by atoms with van der Waals surface area (Å²) in [7, 11) is 0. The molecule has 0 aliphatic carbocycles. The molecule has 3 heterocycles. The highest BCUT2D eigenvalue weighted by Crippen LogP contribution is 2.57. The van der Waals surface area contributed by atoms with Gasteiger partial charge in [0, 0.05) is 59.6 Å². The van der Waals surface area contributed by atoms with Gasteiger partial charge in [0.25, 0.3) is 0 Å². The molecule has 0 atom stereocenters. The van der Waals surface area contributed by atoms with Crippen LogP contribution < -0.4 is 14.5 Å². The van der Waals surface area contributed by atoms with E-state index in [1.807, 2.05) is 11.3 Å². The first-order chi connectivity index (χ1) is 34.2. The second-order valence-corrected chi connectivity index (χ2v) is 18.8. The topological polar surface area (TPSA) is 20.6 Å². The molecule has 2 aromatic heterocycles. The smallest absolute Gasteiger partial charge is 0.178 e. The van der Waals surface area contributed by atoms with E-state index in [9.17, 15) is 0 Å². The third-order valence-electron chi connectivity index (χ3n) is 13.7. The van der Waals surface area contributed by atoms with Gasteiger partial charge in [0.2, 0.25) is 0 Å². The summed E-state index contributed by atoms with van der Waals surface area (Å²) in [5, 5.41) is 8.60. The summed E-state index contributed by atoms with van der Waals surface area (Å²) >= 11 is 1.85. The van der Waals surface area contributed by atoms with Crippen LogP contribution in [0.5, 0.6) is 11.5 Å². The predicted octanol–water partition coefficient (Wildman–Crippen LogP) is 18.7. The van der Waals surface area contributed by atoms with Crippen molar-refractivity contribution in [3.63, 3.8) is 0 Å². The van der Waals surface area contributed by atoms with E-state index in [1.165, 1.54) is 41.7 Å². The first-order valence-electron chi connectivity index (χ1n) is 23.4. The van der Waals surface area contributed by atoms with E-state index in [0.717, 1.165) is 84.6 Å². The van der Waals surface area contributed by atoms with Crippen LogP contribution in [-0.4, -0.2) is 4.57 Å². The number of hydrogen-bond donors (Lipinski definition) is 0. The molecule has 0 unspecified atom stereocenters. The van der Waals surface area contributed by atoms with Crippen molar-refractivity contribution < 1.29 is 4.74 Å². The Labute approximate surface area is 403 Å². The van der Waals surface area contributed by atoms with Gasteiger partial charge in [-0.25, -0.2) is 0 Å². The van der Waals surface area contributed by atoms with Crippen LogP contribution in [0.3, 0.4) is 0 Å². The molecule has 1 aliphatic rings. The van der Waals surface area contributed by atoms with Crippen molar-refractivity contribution >= 4 is 98.2 Å². The standard InChI is InChI=1S/C64H41N3OS/c1-3-18-47(19-4-1)66-58-26-11-9-24-56(58)63-64(66)67(48-20-5-2-6-21-48)59-27-14-25-54(62(59)68-63)45-17-13-16-44(39-45)42-31-33-49(34-32-42)65(51-36-38-61-57(41-51)55-23-10-12-28-60(55)69-61)50-35-37-53-46(40-50)30-29-43-15-7-8-22-52(43)53/h1-41H. The van der Waals surface area contributed by atoms with Crippen LogP contribution in [0.1, 0.15) is 0 Å². The summed E-state index contributed by atoms with van der Waals surface area (Å²) in [6.45, 7) is 0. The third kappa shape index (κ3) is 6.43. The fourth-order valence-corrected chi connectivity index (χ4v) is 11.6. The van der Waals surface area contributed by atoms with Crippen molar-refractivity contribution in [3.8, 4) is 39.4 Å². The number of fused-ring (bicyclic) bond motifs is 10. The van der Waals surface area contributed by atoms with Crippen molar-refractivity contribution in [2.45, 2.75) is 0 Å². The zero-order chi connectivity index (χ0) is 45.4. The Morgan fingerprint density at radius 1 is 0.362 bits per heavy atom. The summed E-state index contributed by atoms with van der Waals surface area (Å²) in [6.07, 6.45) is 0. The number of rotatable bonds is 7. The maximum absolute atomic E-state index is 7.23. The third-order valence-corrected chi connectivity index (χ3v) is 14.9. The summed E-state index contributed by atoms with van der Waals surface area (Å²) in [5.41, 5.74) is 11.9. The maximum Gasteiger partial charge on any atom is 0.178 e. The molecule has 0 saturated carbocycles. The van der Waals surface area contributed by atoms with Gasteiger partial charge < -0.3 is 9.64 Å². The minimum atomic E-state index is 0.826. The molecule has 1 aliphatic heterocycles. The Morgan fingerprint density at radius 2 is 1.00 bits per heavy atom. The lowest BCUT2D eigenvalue weighted by Gasteiger charge is -2.33. The normalized spacial score (nSPS) is 12.1. The van der Waals surface area contributed by atoms with E-state index in [2.05, 4.69) is 263 Å². The molecule has 5 heteroatoms. The Balaban J connectivity index is 0.873. The average molecular weight is 900 g/mol. The molecule has 0 saturated heterocycles. The zero-order valence-corrected chi connectivity index (χ0v) is 38.1. The highest BCUT2D eigenvalue weighted by atomic mass is 32.1. The Kier molecular flexibility index (Phi) is 9.04. The lowest BCUT2D eigenvalue weighted by atomic mass is 9.97. The molecule has 14 rings (SSSR count). The largest absolute Gasteiger partial charge is 0.450 e. The first-order valence-corrected chi connectivity index (χ1v) is 24.2. The highest BCUT2D eigenvalue weighted by molar-refractivity contribution is 7.25. The van der Waals surface area contributed by atoms with Crippen LogP contribution >= 0.6 is 11.3 Å². The van der Waals surface area contributed by atoms with Crippen LogP contribution in [0.15, 0.2) is 249 Å². The number of para-hydroxylation sites is 4. The number of aromatic nitrogens is 1. The molecule has 0 amide bonds. The van der Waals surface area contributed by atoms with Crippen molar-refractivity contribution in [1.29, 1.82) is 0 Å². The van der Waals surface area contributed by atoms with Gasteiger partial charge in [-0.1, -0.05) is 152 Å². The fraction of sp³-hybridized carbons (Fsp3) is 0. The number of nitrogens with zero attached hydrogens (tertiary/aromatic N) is 3. The molecule has 13 aromatic rings. The van der Waals surface area contributed by atoms with Crippen LogP contribution in [-0.2, 0) is 0 Å². The lowest BCUT2D eigenvalue weighted by Crippen LogP contribution is -2.18. The van der Waals surface area contributed by atoms with Crippen LogP contribution in [0, 0.1) is 0 Å². The van der Waals surface area contributed by atoms with Crippen LogP contribution in [0.2, 0.25) is 0 Å². The number of hydrogen-bond acceptors (Lipinski definition) is 4. The lowest BCUT2D eigenvalue weighted by molar-refractivity contribution is 0.483. The molecule has 11 aromatic carbocycles. The Bertz CT molecular complexity index is 4120. The fourth-order valence-electron chi connectivity index (χ4n) is 10.5. The molecule has 69 heavy (non-hydrogen) atoms. The molecule has 0 spiro atoms. The van der Waals surface area contributed by atoms with E-state index >= 15 is 0 Å². The van der Waals surface area contributed by atoms with Crippen molar-refractivity contribution in [2.75, 3.05) is 9.80 Å². The highest BCUT2D eigenvalue weighted by Gasteiger charge is 2.34. The van der Waals surface area contributed by atoms with Crippen molar-refractivity contribution in [2.24, 2.45) is 0 Å². The van der Waals surface area contributed by atoms with Gasteiger partial charge >= 0.3 is 0 Å². The molecule has 0 bridgehead atoms. The van der Waals surface area contributed by atoms with E-state index in [1.54, 1.807) is 0 Å². The van der Waals surface area contributed by atoms with E-state index in [4.69, 9.17) is 4.74 Å². The monoisotopic (exact) mass is 899 g/mol. The predicted molar refractivity (Wildman–Crippen MR) is 291 cm³/mol. The zero-order valence-electron chi connectivity index (χ0n) is 37.3. The molecule has 324 valence electrons. The van der Waals surface area contributed by atoms with Gasteiger partial charge in [0.05, 0.1) is 11.2 Å². The van der Waals surface area contributed by atoms with Gasteiger partial charge in [-0.05, 0) is 135 Å². The van der Waals surface area contributed by atoms with Gasteiger partial charge in [-0.15, -0.1) is 11.3 Å². The number of thiophene rings is 1. The van der Waals surface area contributed by atoms with Gasteiger partial charge in [-0.2, -0.15) is 0 Å². The van der Waals surface area contributed by atoms with Crippen LogP contribution in [0.4, 0.5) is 34.3 Å². The average Bonchev–Trinajstić information content (AvgIpc) is 3.96. The Hall–Kier alpha value is -8.90. The summed E-state index contributed by atoms with van der Waals surface area (Å²) in [4.78, 5) is 4.76. The molecule has 0 fully saturated rings. The number of anilines is 6. The first kappa shape index (κ1) is 39.3. The minimum Gasteiger partial charge on any atom is -0.450 e. The summed E-state index contributed by atoms with van der Waals surface area (Å²) in [5.74, 6) is 2.63. The second-order valence-electron chi connectivity index (χ2n) is 17.7. The van der Waals surface area contributed by atoms with Crippen molar-refractivity contribution in [3.05, 3.63) is 249 Å². The van der Waals surface area contributed by atoms with E-state index < -0.39 is 0 Å². The molecule has 0 radical (unpaired) electrons. The van der Waals surface area contributed by atoms with Gasteiger partial charge in [0.1, 0.15) is 0 Å². The molecular formula is C64H41N3OS. The Morgan fingerprint density at radius 3 is 1.86 bits per heavy atom. The molecular weight excluding hydrogens is 859 g/mol. The van der Waals surface area contributed by atoms with E-state index in [-0.39, 0.29) is 0 Å². The molecule has 0 N–H and O–H groups in total. The summed E-state index contributed by atoms with van der Waals surface area (Å²) in [6, 6.07) is 89.8. The SMILES string of the molecule is c1ccc(N2c3cccc(-c4cccc(-c5ccc(N(c6ccc7c(ccc8ccccc87)c6)c6ccc7sc8ccccc8c7c6)cc5)c4)c3Oc3c2n(-c2ccccc2)c2ccccc32)cc1. The van der Waals surface area contributed by atoms with Crippen molar-refractivity contribution in [1.82, 2.24) is 4.57 Å². The minimum absolute atomic E-state index is 0.826. The van der Waals surface area contributed by atoms with Gasteiger partial charge in [0.15, 0.2) is 17.3 Å². The van der Waals surface area contributed by atoms with E-state index in [0.29, 0.717) is 0 Å². The summed E-state index contributed by atoms with van der Waals surface area (Å²) < 4.78 is 12.1. The number of benzene rings is 11. The van der Waals surface area contributed by atoms with Crippen LogP contribution in [0.25, 0.3) is 80.6 Å². The number of ether oxygens (including phenoxy) is 1. The second kappa shape index (κ2) is 15.9. The molecule has 4 nitrogen and oxygen atoms in total. The maximum atomic E-state index is 7.23.